The smallest absolute Gasteiger partial charge is 0.0630 e. The van der Waals surface area contributed by atoms with Crippen molar-refractivity contribution in [2.45, 2.75) is 71.6 Å². The van der Waals surface area contributed by atoms with Crippen LogP contribution >= 0.6 is 0 Å². The summed E-state index contributed by atoms with van der Waals surface area (Å²) in [6.07, 6.45) is 5.74. The Bertz CT molecular complexity index is 413. The number of likely N-dealkylation sites (tertiary alicyclic amines) is 1. The van der Waals surface area contributed by atoms with Crippen LogP contribution in [0.5, 0.6) is 0 Å². The van der Waals surface area contributed by atoms with Crippen LogP contribution in [0.15, 0.2) is 0 Å². The van der Waals surface area contributed by atoms with Crippen LogP contribution < -0.4 is 0 Å². The second-order valence-corrected chi connectivity index (χ2v) is 9.61. The highest BCUT2D eigenvalue weighted by atomic mass is 16.5. The molecule has 0 saturated carbocycles. The van der Waals surface area contributed by atoms with E-state index in [0.29, 0.717) is 18.2 Å². The molecule has 0 aromatic rings. The molecule has 2 fully saturated rings. The number of methoxy groups -OCH3 is 1. The molecule has 0 bridgehead atoms. The van der Waals surface area contributed by atoms with E-state index in [1.54, 1.807) is 0 Å². The Balaban J connectivity index is 1.68. The molecule has 0 aromatic heterocycles. The third-order valence-corrected chi connectivity index (χ3v) is 6.99. The monoisotopic (exact) mass is 397 g/mol. The zero-order valence-electron chi connectivity index (χ0n) is 19.5. The van der Waals surface area contributed by atoms with Crippen molar-refractivity contribution in [1.29, 1.82) is 0 Å². The van der Waals surface area contributed by atoms with Crippen LogP contribution in [0.25, 0.3) is 0 Å². The Kier molecular flexibility index (Phi) is 10.7. The zero-order chi connectivity index (χ0) is 20.5. The third kappa shape index (κ3) is 7.91. The molecule has 5 heteroatoms. The van der Waals surface area contributed by atoms with Crippen molar-refractivity contribution in [3.8, 4) is 0 Å². The minimum absolute atomic E-state index is 0.350. The summed E-state index contributed by atoms with van der Waals surface area (Å²) >= 11 is 0. The number of rotatable bonds is 11. The topological polar surface area (TPSA) is 28.2 Å². The molecule has 3 atom stereocenters. The van der Waals surface area contributed by atoms with Gasteiger partial charge in [-0.3, -0.25) is 4.90 Å². The second-order valence-electron chi connectivity index (χ2n) is 9.61. The van der Waals surface area contributed by atoms with Gasteiger partial charge in [0.2, 0.25) is 0 Å². The van der Waals surface area contributed by atoms with Gasteiger partial charge in [0, 0.05) is 45.4 Å². The maximum Gasteiger partial charge on any atom is 0.0630 e. The Morgan fingerprint density at radius 3 is 2.32 bits per heavy atom. The zero-order valence-corrected chi connectivity index (χ0v) is 19.5. The molecule has 5 nitrogen and oxygen atoms in total. The van der Waals surface area contributed by atoms with Crippen molar-refractivity contribution >= 4 is 0 Å². The Labute approximate surface area is 174 Å². The number of likely N-dealkylation sites (N-methyl/N-ethyl adjacent to an activating group) is 1. The van der Waals surface area contributed by atoms with Gasteiger partial charge in [0.15, 0.2) is 0 Å². The first-order chi connectivity index (χ1) is 13.4. The SMILES string of the molecule is COCC1CN(C)CCN1C(C)CCC(C)C1CCN(CCOC(C)C)CC1. The molecule has 0 N–H and O–H groups in total. The Hall–Kier alpha value is -0.200. The van der Waals surface area contributed by atoms with Crippen molar-refractivity contribution in [1.82, 2.24) is 14.7 Å². The normalized spacial score (nSPS) is 26.0. The highest BCUT2D eigenvalue weighted by Crippen LogP contribution is 2.29. The maximum atomic E-state index is 5.72. The van der Waals surface area contributed by atoms with Crippen molar-refractivity contribution in [3.63, 3.8) is 0 Å². The van der Waals surface area contributed by atoms with Crippen LogP contribution in [0.1, 0.15) is 53.4 Å². The van der Waals surface area contributed by atoms with E-state index in [-0.39, 0.29) is 0 Å². The lowest BCUT2D eigenvalue weighted by Crippen LogP contribution is -2.56. The molecule has 0 amide bonds. The predicted molar refractivity (Wildman–Crippen MR) is 118 cm³/mol. The minimum Gasteiger partial charge on any atom is -0.383 e. The molecule has 3 unspecified atom stereocenters. The molecular weight excluding hydrogens is 350 g/mol. The summed E-state index contributed by atoms with van der Waals surface area (Å²) in [7, 11) is 4.06. The number of ether oxygens (including phenoxy) is 2. The van der Waals surface area contributed by atoms with Crippen molar-refractivity contribution < 1.29 is 9.47 Å². The summed E-state index contributed by atoms with van der Waals surface area (Å²) in [5.41, 5.74) is 0. The van der Waals surface area contributed by atoms with E-state index < -0.39 is 0 Å². The lowest BCUT2D eigenvalue weighted by molar-refractivity contribution is 0.00785. The quantitative estimate of drug-likeness (QED) is 0.534. The maximum absolute atomic E-state index is 5.72. The van der Waals surface area contributed by atoms with E-state index in [2.05, 4.69) is 49.4 Å². The molecule has 0 spiro atoms. The van der Waals surface area contributed by atoms with Crippen LogP contribution in [0.4, 0.5) is 0 Å². The number of hydrogen-bond donors (Lipinski definition) is 0. The summed E-state index contributed by atoms with van der Waals surface area (Å²) in [6.45, 7) is 18.0. The fourth-order valence-corrected chi connectivity index (χ4v) is 5.01. The predicted octanol–water partition coefficient (Wildman–Crippen LogP) is 3.19. The van der Waals surface area contributed by atoms with Gasteiger partial charge < -0.3 is 19.3 Å². The lowest BCUT2D eigenvalue weighted by atomic mass is 9.82. The molecular formula is C23H47N3O2. The molecule has 2 heterocycles. The molecule has 0 radical (unpaired) electrons. The standard InChI is InChI=1S/C23H47N3O2/c1-19(2)28-16-15-25-11-9-22(10-12-25)20(3)7-8-21(4)26-14-13-24(5)17-23(26)18-27-6/h19-23H,7-18H2,1-6H3. The number of nitrogens with zero attached hydrogens (tertiary/aromatic N) is 3. The first-order valence-corrected chi connectivity index (χ1v) is 11.7. The highest BCUT2D eigenvalue weighted by molar-refractivity contribution is 4.85. The van der Waals surface area contributed by atoms with Crippen LogP contribution in [-0.2, 0) is 9.47 Å². The van der Waals surface area contributed by atoms with Gasteiger partial charge in [-0.1, -0.05) is 6.92 Å². The van der Waals surface area contributed by atoms with Gasteiger partial charge in [0.05, 0.1) is 19.3 Å². The number of piperidine rings is 1. The molecule has 28 heavy (non-hydrogen) atoms. The molecule has 166 valence electrons. The summed E-state index contributed by atoms with van der Waals surface area (Å²) < 4.78 is 11.2. The van der Waals surface area contributed by atoms with Crippen LogP contribution in [0.2, 0.25) is 0 Å². The molecule has 0 aromatic carbocycles. The third-order valence-electron chi connectivity index (χ3n) is 6.99. The van der Waals surface area contributed by atoms with Gasteiger partial charge in [-0.25, -0.2) is 0 Å². The fraction of sp³-hybridized carbons (Fsp3) is 1.00. The number of piperazine rings is 1. The summed E-state index contributed by atoms with van der Waals surface area (Å²) in [5.74, 6) is 1.74. The first-order valence-electron chi connectivity index (χ1n) is 11.7. The van der Waals surface area contributed by atoms with Crippen LogP contribution in [-0.4, -0.2) is 99.5 Å². The fourth-order valence-electron chi connectivity index (χ4n) is 5.01. The average molecular weight is 398 g/mol. The highest BCUT2D eigenvalue weighted by Gasteiger charge is 2.30. The first kappa shape index (κ1) is 24.1. The molecule has 2 saturated heterocycles. The molecule has 0 aliphatic carbocycles. The molecule has 2 rings (SSSR count). The van der Waals surface area contributed by atoms with E-state index in [4.69, 9.17) is 9.47 Å². The summed E-state index contributed by atoms with van der Waals surface area (Å²) in [6, 6.07) is 1.20. The van der Waals surface area contributed by atoms with Gasteiger partial charge in [-0.2, -0.15) is 0 Å². The van der Waals surface area contributed by atoms with Gasteiger partial charge in [-0.05, 0) is 78.4 Å². The van der Waals surface area contributed by atoms with Crippen molar-refractivity contribution in [2.75, 3.05) is 66.6 Å². The lowest BCUT2D eigenvalue weighted by Gasteiger charge is -2.43. The van der Waals surface area contributed by atoms with Crippen LogP contribution in [0, 0.1) is 11.8 Å². The van der Waals surface area contributed by atoms with Gasteiger partial charge >= 0.3 is 0 Å². The Morgan fingerprint density at radius 1 is 0.964 bits per heavy atom. The van der Waals surface area contributed by atoms with E-state index in [1.807, 2.05) is 7.11 Å². The van der Waals surface area contributed by atoms with Crippen LogP contribution in [0.3, 0.4) is 0 Å². The average Bonchev–Trinajstić information content (AvgIpc) is 2.66. The minimum atomic E-state index is 0.350. The van der Waals surface area contributed by atoms with Gasteiger partial charge in [-0.15, -0.1) is 0 Å². The van der Waals surface area contributed by atoms with Gasteiger partial charge in [0.1, 0.15) is 0 Å². The van der Waals surface area contributed by atoms with Crippen molar-refractivity contribution in [3.05, 3.63) is 0 Å². The van der Waals surface area contributed by atoms with E-state index in [0.717, 1.165) is 38.1 Å². The molecule has 2 aliphatic rings. The summed E-state index contributed by atoms with van der Waals surface area (Å²) in [4.78, 5) is 7.73. The van der Waals surface area contributed by atoms with E-state index >= 15 is 0 Å². The Morgan fingerprint density at radius 2 is 1.68 bits per heavy atom. The second kappa shape index (κ2) is 12.5. The summed E-state index contributed by atoms with van der Waals surface area (Å²) in [5, 5.41) is 0. The van der Waals surface area contributed by atoms with E-state index in [9.17, 15) is 0 Å². The molecule has 2 aliphatic heterocycles. The van der Waals surface area contributed by atoms with E-state index in [1.165, 1.54) is 51.9 Å². The van der Waals surface area contributed by atoms with Crippen molar-refractivity contribution in [2.24, 2.45) is 11.8 Å². The largest absolute Gasteiger partial charge is 0.383 e. The number of hydrogen-bond acceptors (Lipinski definition) is 5. The van der Waals surface area contributed by atoms with Gasteiger partial charge in [0.25, 0.3) is 0 Å².